The summed E-state index contributed by atoms with van der Waals surface area (Å²) in [5.41, 5.74) is 5.27. The van der Waals surface area contributed by atoms with Crippen molar-refractivity contribution in [2.45, 2.75) is 30.8 Å². The Kier molecular flexibility index (Phi) is 0.750. The Morgan fingerprint density at radius 3 is 2.44 bits per heavy atom. The van der Waals surface area contributed by atoms with Crippen molar-refractivity contribution < 1.29 is 4.79 Å². The molecule has 2 rings (SSSR count). The zero-order valence-electron chi connectivity index (χ0n) is 5.18. The number of hydrogen-bond donors (Lipinski definition) is 2. The monoisotopic (exact) mass is 126 g/mol. The first-order chi connectivity index (χ1) is 4.25. The number of nitrogens with two attached hydrogens (primary N) is 1. The molecule has 3 nitrogen and oxygen atoms in total. The van der Waals surface area contributed by atoms with E-state index in [0.29, 0.717) is 0 Å². The van der Waals surface area contributed by atoms with Crippen molar-refractivity contribution in [2.24, 2.45) is 5.73 Å². The first-order valence-electron chi connectivity index (χ1n) is 3.32. The van der Waals surface area contributed by atoms with Crippen LogP contribution in [0.5, 0.6) is 0 Å². The molecule has 1 amide bonds. The Hall–Kier alpha value is -0.570. The normalized spacial score (nSPS) is 35.8. The zero-order chi connectivity index (χ0) is 6.48. The molecule has 0 aromatic heterocycles. The second-order valence-corrected chi connectivity index (χ2v) is 2.99. The molecule has 0 aromatic rings. The topological polar surface area (TPSA) is 65.0 Å². The highest BCUT2D eigenvalue weighted by Crippen LogP contribution is 2.44. The summed E-state index contributed by atoms with van der Waals surface area (Å²) >= 11 is 0. The van der Waals surface area contributed by atoms with Crippen LogP contribution in [0.4, 0.5) is 0 Å². The molecule has 1 spiro atoms. The highest BCUT2D eigenvalue weighted by molar-refractivity contribution is 5.85. The van der Waals surface area contributed by atoms with Crippen LogP contribution in [0, 0.1) is 0 Å². The second-order valence-electron chi connectivity index (χ2n) is 2.99. The first kappa shape index (κ1) is 5.23. The summed E-state index contributed by atoms with van der Waals surface area (Å²) in [6, 6.07) is 0.00579. The number of hydrogen-bond acceptors (Lipinski definition) is 2. The van der Waals surface area contributed by atoms with E-state index in [2.05, 4.69) is 5.32 Å². The van der Waals surface area contributed by atoms with Gasteiger partial charge in [-0.3, -0.25) is 10.1 Å². The van der Waals surface area contributed by atoms with Gasteiger partial charge in [0, 0.05) is 5.54 Å². The lowest BCUT2D eigenvalue weighted by molar-refractivity contribution is -0.118. The number of amides is 1. The Morgan fingerprint density at radius 2 is 2.33 bits per heavy atom. The van der Waals surface area contributed by atoms with Gasteiger partial charge in [0.25, 0.3) is 0 Å². The molecule has 0 radical (unpaired) electrons. The van der Waals surface area contributed by atoms with Crippen LogP contribution in [0.1, 0.15) is 19.3 Å². The average molecular weight is 126 g/mol. The lowest BCUT2D eigenvalue weighted by Gasteiger charge is -2.23. The predicted molar refractivity (Wildman–Crippen MR) is 32.7 cm³/mol. The van der Waals surface area contributed by atoms with Gasteiger partial charge in [-0.1, -0.05) is 0 Å². The third-order valence-corrected chi connectivity index (χ3v) is 2.43. The molecule has 1 saturated heterocycles. The predicted octanol–water partition coefficient (Wildman–Crippen LogP) is -0.634. The fraction of sp³-hybridized carbons (Fsp3) is 0.833. The van der Waals surface area contributed by atoms with Crippen LogP contribution in [0.25, 0.3) is 0 Å². The van der Waals surface area contributed by atoms with Gasteiger partial charge in [0.2, 0.25) is 5.91 Å². The summed E-state index contributed by atoms with van der Waals surface area (Å²) in [6.45, 7) is 0. The van der Waals surface area contributed by atoms with Gasteiger partial charge in [-0.05, 0) is 19.3 Å². The maximum absolute atomic E-state index is 10.5. The standard InChI is InChI=1S/C6H10N2O/c7-5(9)4-6(8-4)2-1-3-6/h4,8H,1-3H2,(H2,7,9). The Morgan fingerprint density at radius 1 is 1.67 bits per heavy atom. The van der Waals surface area contributed by atoms with Crippen molar-refractivity contribution in [1.29, 1.82) is 0 Å². The molecule has 1 saturated carbocycles. The summed E-state index contributed by atoms with van der Waals surface area (Å²) in [6.07, 6.45) is 3.53. The van der Waals surface area contributed by atoms with Crippen molar-refractivity contribution in [3.05, 3.63) is 0 Å². The van der Waals surface area contributed by atoms with E-state index in [1.165, 1.54) is 6.42 Å². The number of carbonyl (C=O) groups is 1. The molecule has 1 atom stereocenters. The van der Waals surface area contributed by atoms with Crippen LogP contribution in [0.3, 0.4) is 0 Å². The molecular formula is C6H10N2O. The van der Waals surface area contributed by atoms with E-state index in [0.717, 1.165) is 12.8 Å². The maximum Gasteiger partial charge on any atom is 0.236 e. The maximum atomic E-state index is 10.5. The Balaban J connectivity index is 2.01. The van der Waals surface area contributed by atoms with Crippen LogP contribution in [0.15, 0.2) is 0 Å². The minimum Gasteiger partial charge on any atom is -0.368 e. The van der Waals surface area contributed by atoms with E-state index in [-0.39, 0.29) is 17.5 Å². The number of rotatable bonds is 1. The van der Waals surface area contributed by atoms with Crippen molar-refractivity contribution in [3.8, 4) is 0 Å². The highest BCUT2D eigenvalue weighted by Gasteiger charge is 2.60. The SMILES string of the molecule is NC(=O)C1NC12CCC2. The van der Waals surface area contributed by atoms with E-state index < -0.39 is 0 Å². The van der Waals surface area contributed by atoms with E-state index in [9.17, 15) is 4.79 Å². The van der Waals surface area contributed by atoms with Crippen molar-refractivity contribution >= 4 is 5.91 Å². The molecule has 2 fully saturated rings. The van der Waals surface area contributed by atoms with Crippen LogP contribution >= 0.6 is 0 Å². The molecule has 2 aliphatic rings. The van der Waals surface area contributed by atoms with Gasteiger partial charge in [-0.2, -0.15) is 0 Å². The van der Waals surface area contributed by atoms with Crippen LogP contribution in [0.2, 0.25) is 0 Å². The van der Waals surface area contributed by atoms with Crippen LogP contribution in [-0.2, 0) is 4.79 Å². The largest absolute Gasteiger partial charge is 0.368 e. The summed E-state index contributed by atoms with van der Waals surface area (Å²) in [5.74, 6) is -0.185. The number of nitrogens with one attached hydrogen (secondary N) is 1. The minimum atomic E-state index is -0.185. The third kappa shape index (κ3) is 0.525. The van der Waals surface area contributed by atoms with Crippen LogP contribution < -0.4 is 11.1 Å². The van der Waals surface area contributed by atoms with Gasteiger partial charge in [-0.15, -0.1) is 0 Å². The van der Waals surface area contributed by atoms with Gasteiger partial charge in [0.15, 0.2) is 0 Å². The third-order valence-electron chi connectivity index (χ3n) is 2.43. The molecule has 0 aromatic carbocycles. The van der Waals surface area contributed by atoms with Crippen molar-refractivity contribution in [3.63, 3.8) is 0 Å². The van der Waals surface area contributed by atoms with E-state index in [1.54, 1.807) is 0 Å². The van der Waals surface area contributed by atoms with Gasteiger partial charge in [0.05, 0.1) is 0 Å². The number of primary amides is 1. The smallest absolute Gasteiger partial charge is 0.236 e. The molecule has 3 heteroatoms. The molecule has 1 heterocycles. The average Bonchev–Trinajstić information content (AvgIpc) is 2.34. The summed E-state index contributed by atoms with van der Waals surface area (Å²) in [5, 5.41) is 3.11. The van der Waals surface area contributed by atoms with E-state index in [4.69, 9.17) is 5.73 Å². The molecular weight excluding hydrogens is 116 g/mol. The summed E-state index contributed by atoms with van der Waals surface area (Å²) in [4.78, 5) is 10.5. The van der Waals surface area contributed by atoms with Crippen molar-refractivity contribution in [1.82, 2.24) is 5.32 Å². The molecule has 1 aliphatic carbocycles. The van der Waals surface area contributed by atoms with Gasteiger partial charge >= 0.3 is 0 Å². The minimum absolute atomic E-state index is 0.00579. The molecule has 0 bridgehead atoms. The van der Waals surface area contributed by atoms with Gasteiger partial charge in [0.1, 0.15) is 6.04 Å². The lowest BCUT2D eigenvalue weighted by Crippen LogP contribution is -2.31. The number of carbonyl (C=O) groups excluding carboxylic acids is 1. The quantitative estimate of drug-likeness (QED) is 0.459. The van der Waals surface area contributed by atoms with Crippen molar-refractivity contribution in [2.75, 3.05) is 0 Å². The summed E-state index contributed by atoms with van der Waals surface area (Å²) in [7, 11) is 0. The lowest BCUT2D eigenvalue weighted by atomic mass is 9.81. The molecule has 3 N–H and O–H groups in total. The molecule has 1 aliphatic heterocycles. The van der Waals surface area contributed by atoms with E-state index >= 15 is 0 Å². The fourth-order valence-corrected chi connectivity index (χ4v) is 1.58. The van der Waals surface area contributed by atoms with Gasteiger partial charge < -0.3 is 5.73 Å². The van der Waals surface area contributed by atoms with Gasteiger partial charge in [-0.25, -0.2) is 0 Å². The highest BCUT2D eigenvalue weighted by atomic mass is 16.1. The van der Waals surface area contributed by atoms with Crippen LogP contribution in [-0.4, -0.2) is 17.5 Å². The molecule has 1 unspecified atom stereocenters. The Bertz CT molecular complexity index is 162. The Labute approximate surface area is 53.6 Å². The zero-order valence-corrected chi connectivity index (χ0v) is 5.18. The van der Waals surface area contributed by atoms with E-state index in [1.807, 2.05) is 0 Å². The first-order valence-corrected chi connectivity index (χ1v) is 3.32. The molecule has 50 valence electrons. The summed E-state index contributed by atoms with van der Waals surface area (Å²) < 4.78 is 0. The second kappa shape index (κ2) is 1.29. The fourth-order valence-electron chi connectivity index (χ4n) is 1.58. The molecule has 9 heavy (non-hydrogen) atoms.